The summed E-state index contributed by atoms with van der Waals surface area (Å²) in [4.78, 5) is 11.3. The van der Waals surface area contributed by atoms with Crippen LogP contribution in [-0.4, -0.2) is 17.8 Å². The van der Waals surface area contributed by atoms with Gasteiger partial charge < -0.3 is 10.2 Å². The summed E-state index contributed by atoms with van der Waals surface area (Å²) < 4.78 is 20.2. The number of halogens is 1. The SMILES string of the molecule is COC(=O)c1ccc(CNn2c(C)ccc2C)cc1F. The molecular formula is C15H17FN2O2. The third-order valence-electron chi connectivity index (χ3n) is 3.15. The monoisotopic (exact) mass is 276 g/mol. The number of aryl methyl sites for hydroxylation is 2. The molecule has 0 unspecified atom stereocenters. The van der Waals surface area contributed by atoms with E-state index in [4.69, 9.17) is 0 Å². The van der Waals surface area contributed by atoms with Crippen molar-refractivity contribution in [1.82, 2.24) is 4.68 Å². The number of aromatic nitrogens is 1. The third kappa shape index (κ3) is 2.82. The van der Waals surface area contributed by atoms with E-state index >= 15 is 0 Å². The molecule has 0 bridgehead atoms. The van der Waals surface area contributed by atoms with Gasteiger partial charge in [-0.05, 0) is 43.7 Å². The lowest BCUT2D eigenvalue weighted by Crippen LogP contribution is -2.17. The van der Waals surface area contributed by atoms with Crippen molar-refractivity contribution in [2.75, 3.05) is 12.5 Å². The standard InChI is InChI=1S/C15H17FN2O2/c1-10-4-5-11(2)18(10)17-9-12-6-7-13(14(16)8-12)15(19)20-3/h4-8,17H,9H2,1-3H3. The van der Waals surface area contributed by atoms with Crippen LogP contribution >= 0.6 is 0 Å². The zero-order chi connectivity index (χ0) is 14.7. The van der Waals surface area contributed by atoms with Crippen molar-refractivity contribution in [3.8, 4) is 0 Å². The number of nitrogens with zero attached hydrogens (tertiary/aromatic N) is 1. The van der Waals surface area contributed by atoms with Gasteiger partial charge in [0.25, 0.3) is 0 Å². The van der Waals surface area contributed by atoms with E-state index in [0.29, 0.717) is 6.54 Å². The highest BCUT2D eigenvalue weighted by molar-refractivity contribution is 5.89. The maximum absolute atomic E-state index is 13.8. The summed E-state index contributed by atoms with van der Waals surface area (Å²) in [5, 5.41) is 0. The van der Waals surface area contributed by atoms with E-state index in [9.17, 15) is 9.18 Å². The van der Waals surface area contributed by atoms with Gasteiger partial charge in [0, 0.05) is 11.4 Å². The van der Waals surface area contributed by atoms with E-state index in [1.807, 2.05) is 30.7 Å². The fourth-order valence-corrected chi connectivity index (χ4v) is 2.03. The second kappa shape index (κ2) is 5.77. The van der Waals surface area contributed by atoms with Crippen molar-refractivity contribution >= 4 is 5.97 Å². The van der Waals surface area contributed by atoms with Crippen LogP contribution in [0.2, 0.25) is 0 Å². The number of benzene rings is 1. The topological polar surface area (TPSA) is 43.3 Å². The molecule has 0 spiro atoms. The molecule has 0 aliphatic carbocycles. The first-order valence-electron chi connectivity index (χ1n) is 6.28. The Morgan fingerprint density at radius 2 is 1.90 bits per heavy atom. The first-order chi connectivity index (χ1) is 9.52. The number of rotatable bonds is 4. The zero-order valence-corrected chi connectivity index (χ0v) is 11.7. The second-order valence-corrected chi connectivity index (χ2v) is 4.59. The number of nitrogens with one attached hydrogen (secondary N) is 1. The number of methoxy groups -OCH3 is 1. The summed E-state index contributed by atoms with van der Waals surface area (Å²) in [5.41, 5.74) is 6.06. The number of esters is 1. The molecule has 0 aliphatic heterocycles. The molecule has 5 heteroatoms. The van der Waals surface area contributed by atoms with Gasteiger partial charge in [0.1, 0.15) is 5.82 Å². The molecule has 0 saturated heterocycles. The lowest BCUT2D eigenvalue weighted by molar-refractivity contribution is 0.0595. The minimum Gasteiger partial charge on any atom is -0.465 e. The Bertz CT molecular complexity index is 615. The van der Waals surface area contributed by atoms with Gasteiger partial charge in [0.05, 0.1) is 19.2 Å². The predicted octanol–water partition coefficient (Wildman–Crippen LogP) is 2.77. The van der Waals surface area contributed by atoms with Crippen LogP contribution in [0.5, 0.6) is 0 Å². The maximum atomic E-state index is 13.8. The van der Waals surface area contributed by atoms with Crippen molar-refractivity contribution in [2.24, 2.45) is 0 Å². The van der Waals surface area contributed by atoms with Gasteiger partial charge in [-0.2, -0.15) is 0 Å². The lowest BCUT2D eigenvalue weighted by Gasteiger charge is -2.13. The quantitative estimate of drug-likeness (QED) is 0.873. The Morgan fingerprint density at radius 3 is 2.45 bits per heavy atom. The van der Waals surface area contributed by atoms with Gasteiger partial charge in [-0.15, -0.1) is 0 Å². The van der Waals surface area contributed by atoms with E-state index in [1.165, 1.54) is 19.2 Å². The Balaban J connectivity index is 2.11. The smallest absolute Gasteiger partial charge is 0.340 e. The number of hydrogen-bond donors (Lipinski definition) is 1. The molecular weight excluding hydrogens is 259 g/mol. The van der Waals surface area contributed by atoms with E-state index in [-0.39, 0.29) is 5.56 Å². The third-order valence-corrected chi connectivity index (χ3v) is 3.15. The zero-order valence-electron chi connectivity index (χ0n) is 11.7. The van der Waals surface area contributed by atoms with Crippen LogP contribution in [0, 0.1) is 19.7 Å². The van der Waals surface area contributed by atoms with Gasteiger partial charge in [-0.1, -0.05) is 6.07 Å². The Labute approximate surface area is 117 Å². The Kier molecular flexibility index (Phi) is 4.08. The van der Waals surface area contributed by atoms with Crippen LogP contribution in [0.3, 0.4) is 0 Å². The van der Waals surface area contributed by atoms with Crippen LogP contribution < -0.4 is 5.43 Å². The molecule has 0 atom stereocenters. The van der Waals surface area contributed by atoms with Gasteiger partial charge in [0.15, 0.2) is 0 Å². The average Bonchev–Trinajstić information content (AvgIpc) is 2.75. The molecule has 106 valence electrons. The minimum absolute atomic E-state index is 0.0513. The molecule has 1 aromatic heterocycles. The highest BCUT2D eigenvalue weighted by Gasteiger charge is 2.12. The fourth-order valence-electron chi connectivity index (χ4n) is 2.03. The van der Waals surface area contributed by atoms with Crippen LogP contribution in [0.15, 0.2) is 30.3 Å². The van der Waals surface area contributed by atoms with Gasteiger partial charge in [0.2, 0.25) is 0 Å². The molecule has 4 nitrogen and oxygen atoms in total. The molecule has 0 aliphatic rings. The van der Waals surface area contributed by atoms with E-state index < -0.39 is 11.8 Å². The van der Waals surface area contributed by atoms with Crippen molar-refractivity contribution in [1.29, 1.82) is 0 Å². The first-order valence-corrected chi connectivity index (χ1v) is 6.28. The highest BCUT2D eigenvalue weighted by Crippen LogP contribution is 2.12. The summed E-state index contributed by atoms with van der Waals surface area (Å²) >= 11 is 0. The summed E-state index contributed by atoms with van der Waals surface area (Å²) in [7, 11) is 1.23. The molecule has 2 rings (SSSR count). The minimum atomic E-state index is -0.667. The van der Waals surface area contributed by atoms with Crippen molar-refractivity contribution < 1.29 is 13.9 Å². The number of ether oxygens (including phenoxy) is 1. The van der Waals surface area contributed by atoms with Crippen LogP contribution in [-0.2, 0) is 11.3 Å². The predicted molar refractivity (Wildman–Crippen MR) is 74.7 cm³/mol. The first kappa shape index (κ1) is 14.1. The number of carbonyl (C=O) groups is 1. The Morgan fingerprint density at radius 1 is 1.25 bits per heavy atom. The molecule has 2 aromatic rings. The van der Waals surface area contributed by atoms with Gasteiger partial charge >= 0.3 is 5.97 Å². The van der Waals surface area contributed by atoms with E-state index in [0.717, 1.165) is 17.0 Å². The van der Waals surface area contributed by atoms with Crippen LogP contribution in [0.4, 0.5) is 4.39 Å². The average molecular weight is 276 g/mol. The fraction of sp³-hybridized carbons (Fsp3) is 0.267. The van der Waals surface area contributed by atoms with Crippen LogP contribution in [0.1, 0.15) is 27.3 Å². The maximum Gasteiger partial charge on any atom is 0.340 e. The van der Waals surface area contributed by atoms with Gasteiger partial charge in [-0.3, -0.25) is 4.68 Å². The number of hydrogen-bond acceptors (Lipinski definition) is 3. The van der Waals surface area contributed by atoms with Crippen LogP contribution in [0.25, 0.3) is 0 Å². The van der Waals surface area contributed by atoms with Gasteiger partial charge in [-0.25, -0.2) is 9.18 Å². The summed E-state index contributed by atoms with van der Waals surface area (Å²) in [5.74, 6) is -1.24. The molecule has 0 amide bonds. The normalized spacial score (nSPS) is 10.4. The molecule has 0 saturated carbocycles. The highest BCUT2D eigenvalue weighted by atomic mass is 19.1. The largest absolute Gasteiger partial charge is 0.465 e. The van der Waals surface area contributed by atoms with Crippen molar-refractivity contribution in [2.45, 2.75) is 20.4 Å². The van der Waals surface area contributed by atoms with Crippen molar-refractivity contribution in [3.05, 3.63) is 58.7 Å². The molecule has 0 fully saturated rings. The summed E-state index contributed by atoms with van der Waals surface area (Å²) in [6.45, 7) is 4.44. The van der Waals surface area contributed by atoms with E-state index in [2.05, 4.69) is 10.2 Å². The summed E-state index contributed by atoms with van der Waals surface area (Å²) in [6.07, 6.45) is 0. The molecule has 0 radical (unpaired) electrons. The Hall–Kier alpha value is -2.30. The van der Waals surface area contributed by atoms with Crippen molar-refractivity contribution in [3.63, 3.8) is 0 Å². The summed E-state index contributed by atoms with van der Waals surface area (Å²) in [6, 6.07) is 8.49. The lowest BCUT2D eigenvalue weighted by atomic mass is 10.1. The molecule has 1 heterocycles. The molecule has 1 N–H and O–H groups in total. The molecule has 20 heavy (non-hydrogen) atoms. The van der Waals surface area contributed by atoms with E-state index in [1.54, 1.807) is 6.07 Å². The number of carbonyl (C=O) groups excluding carboxylic acids is 1. The molecule has 1 aromatic carbocycles. The second-order valence-electron chi connectivity index (χ2n) is 4.59.